The highest BCUT2D eigenvalue weighted by molar-refractivity contribution is 5.97. The second-order valence-corrected chi connectivity index (χ2v) is 4.84. The van der Waals surface area contributed by atoms with Gasteiger partial charge in [0.25, 0.3) is 5.91 Å². The van der Waals surface area contributed by atoms with Crippen LogP contribution in [0.15, 0.2) is 18.2 Å². The molecular weight excluding hydrogens is 235 g/mol. The van der Waals surface area contributed by atoms with Crippen LogP contribution >= 0.6 is 0 Å². The van der Waals surface area contributed by atoms with Gasteiger partial charge in [-0.25, -0.2) is 4.39 Å². The van der Waals surface area contributed by atoms with Gasteiger partial charge >= 0.3 is 0 Å². The second kappa shape index (κ2) is 4.94. The van der Waals surface area contributed by atoms with E-state index in [1.165, 1.54) is 6.07 Å². The summed E-state index contributed by atoms with van der Waals surface area (Å²) < 4.78 is 13.1. The van der Waals surface area contributed by atoms with Gasteiger partial charge in [-0.1, -0.05) is 0 Å². The van der Waals surface area contributed by atoms with Gasteiger partial charge in [-0.3, -0.25) is 4.79 Å². The van der Waals surface area contributed by atoms with Crippen LogP contribution < -0.4 is 5.32 Å². The van der Waals surface area contributed by atoms with Crippen molar-refractivity contribution < 1.29 is 14.3 Å². The number of carbonyl (C=O) groups excluding carboxylic acids is 1. The molecule has 0 aromatic heterocycles. The third-order valence-corrected chi connectivity index (χ3v) is 3.03. The first-order valence-corrected chi connectivity index (χ1v) is 6.01. The average Bonchev–Trinajstić information content (AvgIpc) is 2.30. The SMILES string of the molecule is CC1CN(C(=O)c2cc(F)ccc2O)CC(C)N1. The Morgan fingerprint density at radius 1 is 1.39 bits per heavy atom. The topological polar surface area (TPSA) is 52.6 Å². The summed E-state index contributed by atoms with van der Waals surface area (Å²) in [6.45, 7) is 5.08. The summed E-state index contributed by atoms with van der Waals surface area (Å²) in [5, 5.41) is 12.9. The molecule has 2 N–H and O–H groups in total. The molecule has 18 heavy (non-hydrogen) atoms. The van der Waals surface area contributed by atoms with Crippen LogP contribution in [0.4, 0.5) is 4.39 Å². The molecule has 1 heterocycles. The zero-order chi connectivity index (χ0) is 13.3. The number of phenolic OH excluding ortho intramolecular Hbond substituents is 1. The molecule has 4 nitrogen and oxygen atoms in total. The van der Waals surface area contributed by atoms with E-state index in [-0.39, 0.29) is 29.3 Å². The fraction of sp³-hybridized carbons (Fsp3) is 0.462. The highest BCUT2D eigenvalue weighted by Crippen LogP contribution is 2.21. The van der Waals surface area contributed by atoms with Crippen LogP contribution in [0.5, 0.6) is 5.75 Å². The molecule has 1 aromatic carbocycles. The van der Waals surface area contributed by atoms with Crippen molar-refractivity contribution in [1.29, 1.82) is 0 Å². The molecule has 1 aliphatic heterocycles. The van der Waals surface area contributed by atoms with Gasteiger partial charge in [-0.2, -0.15) is 0 Å². The number of phenols is 1. The zero-order valence-corrected chi connectivity index (χ0v) is 10.5. The molecule has 0 spiro atoms. The number of carbonyl (C=O) groups is 1. The minimum Gasteiger partial charge on any atom is -0.507 e. The minimum absolute atomic E-state index is 0.0244. The average molecular weight is 252 g/mol. The van der Waals surface area contributed by atoms with E-state index < -0.39 is 5.82 Å². The summed E-state index contributed by atoms with van der Waals surface area (Å²) in [6.07, 6.45) is 0. The maximum absolute atomic E-state index is 13.1. The Labute approximate surface area is 105 Å². The number of piperazine rings is 1. The Kier molecular flexibility index (Phi) is 3.52. The Hall–Kier alpha value is -1.62. The van der Waals surface area contributed by atoms with Crippen LogP contribution in [-0.4, -0.2) is 41.1 Å². The lowest BCUT2D eigenvalue weighted by Gasteiger charge is -2.36. The van der Waals surface area contributed by atoms with Crippen molar-refractivity contribution in [3.8, 4) is 5.75 Å². The van der Waals surface area contributed by atoms with E-state index >= 15 is 0 Å². The maximum atomic E-state index is 13.1. The first-order valence-electron chi connectivity index (χ1n) is 6.01. The molecule has 2 unspecified atom stereocenters. The fourth-order valence-electron chi connectivity index (χ4n) is 2.34. The number of halogens is 1. The first kappa shape index (κ1) is 12.8. The number of nitrogens with one attached hydrogen (secondary N) is 1. The number of rotatable bonds is 1. The summed E-state index contributed by atoms with van der Waals surface area (Å²) in [6, 6.07) is 3.80. The highest BCUT2D eigenvalue weighted by Gasteiger charge is 2.27. The van der Waals surface area contributed by atoms with E-state index in [9.17, 15) is 14.3 Å². The zero-order valence-electron chi connectivity index (χ0n) is 10.5. The number of benzene rings is 1. The van der Waals surface area contributed by atoms with Gasteiger partial charge < -0.3 is 15.3 Å². The largest absolute Gasteiger partial charge is 0.507 e. The van der Waals surface area contributed by atoms with E-state index in [0.717, 1.165) is 12.1 Å². The Bertz CT molecular complexity index is 454. The molecule has 1 aromatic rings. The lowest BCUT2D eigenvalue weighted by atomic mass is 10.1. The molecule has 0 bridgehead atoms. The number of amides is 1. The molecule has 0 radical (unpaired) electrons. The molecule has 98 valence electrons. The molecule has 1 amide bonds. The minimum atomic E-state index is -0.521. The molecule has 0 saturated carbocycles. The predicted molar refractivity (Wildman–Crippen MR) is 66.0 cm³/mol. The Morgan fingerprint density at radius 2 is 2.00 bits per heavy atom. The highest BCUT2D eigenvalue weighted by atomic mass is 19.1. The Morgan fingerprint density at radius 3 is 2.61 bits per heavy atom. The van der Waals surface area contributed by atoms with E-state index in [2.05, 4.69) is 5.32 Å². The normalized spacial score (nSPS) is 24.1. The molecule has 0 aliphatic carbocycles. The van der Waals surface area contributed by atoms with Crippen molar-refractivity contribution >= 4 is 5.91 Å². The molecule has 1 saturated heterocycles. The van der Waals surface area contributed by atoms with Gasteiger partial charge in [0.2, 0.25) is 0 Å². The van der Waals surface area contributed by atoms with E-state index in [1.54, 1.807) is 4.90 Å². The summed E-state index contributed by atoms with van der Waals surface area (Å²) in [5.41, 5.74) is 0.0244. The fourth-order valence-corrected chi connectivity index (χ4v) is 2.34. The van der Waals surface area contributed by atoms with Gasteiger partial charge in [0.05, 0.1) is 5.56 Å². The van der Waals surface area contributed by atoms with Crippen molar-refractivity contribution in [1.82, 2.24) is 10.2 Å². The monoisotopic (exact) mass is 252 g/mol. The van der Waals surface area contributed by atoms with Crippen molar-refractivity contribution in [3.63, 3.8) is 0 Å². The molecule has 5 heteroatoms. The van der Waals surface area contributed by atoms with Crippen LogP contribution in [0.2, 0.25) is 0 Å². The van der Waals surface area contributed by atoms with Crippen molar-refractivity contribution in [3.05, 3.63) is 29.6 Å². The number of aromatic hydroxyl groups is 1. The van der Waals surface area contributed by atoms with Gasteiger partial charge in [-0.15, -0.1) is 0 Å². The molecular formula is C13H17FN2O2. The van der Waals surface area contributed by atoms with E-state index in [1.807, 2.05) is 13.8 Å². The summed E-state index contributed by atoms with van der Waals surface area (Å²) >= 11 is 0. The lowest BCUT2D eigenvalue weighted by molar-refractivity contribution is 0.0670. The number of hydrogen-bond acceptors (Lipinski definition) is 3. The quantitative estimate of drug-likeness (QED) is 0.793. The van der Waals surface area contributed by atoms with Gasteiger partial charge in [0.1, 0.15) is 11.6 Å². The summed E-state index contributed by atoms with van der Waals surface area (Å²) in [4.78, 5) is 13.9. The lowest BCUT2D eigenvalue weighted by Crippen LogP contribution is -2.55. The first-order chi connectivity index (χ1) is 8.47. The Balaban J connectivity index is 2.22. The number of nitrogens with zero attached hydrogens (tertiary/aromatic N) is 1. The van der Waals surface area contributed by atoms with Crippen molar-refractivity contribution in [2.24, 2.45) is 0 Å². The van der Waals surface area contributed by atoms with Gasteiger partial charge in [0.15, 0.2) is 0 Å². The third-order valence-electron chi connectivity index (χ3n) is 3.03. The van der Waals surface area contributed by atoms with Crippen LogP contribution in [0.1, 0.15) is 24.2 Å². The molecule has 2 rings (SSSR count). The van der Waals surface area contributed by atoms with Crippen LogP contribution in [0.25, 0.3) is 0 Å². The van der Waals surface area contributed by atoms with Crippen LogP contribution in [-0.2, 0) is 0 Å². The standard InChI is InChI=1S/C13H17FN2O2/c1-8-6-16(7-9(2)15-8)13(18)11-5-10(14)3-4-12(11)17/h3-5,8-9,15,17H,6-7H2,1-2H3. The maximum Gasteiger partial charge on any atom is 0.257 e. The molecule has 2 atom stereocenters. The molecule has 1 aliphatic rings. The van der Waals surface area contributed by atoms with Crippen LogP contribution in [0, 0.1) is 5.82 Å². The van der Waals surface area contributed by atoms with Crippen LogP contribution in [0.3, 0.4) is 0 Å². The summed E-state index contributed by atoms with van der Waals surface area (Å²) in [5.74, 6) is -1.03. The van der Waals surface area contributed by atoms with E-state index in [4.69, 9.17) is 0 Å². The smallest absolute Gasteiger partial charge is 0.257 e. The van der Waals surface area contributed by atoms with Gasteiger partial charge in [0, 0.05) is 25.2 Å². The van der Waals surface area contributed by atoms with Crippen molar-refractivity contribution in [2.75, 3.05) is 13.1 Å². The van der Waals surface area contributed by atoms with Crippen molar-refractivity contribution in [2.45, 2.75) is 25.9 Å². The second-order valence-electron chi connectivity index (χ2n) is 4.84. The van der Waals surface area contributed by atoms with E-state index in [0.29, 0.717) is 13.1 Å². The predicted octanol–water partition coefficient (Wildman–Crippen LogP) is 1.35. The third kappa shape index (κ3) is 2.61. The molecule has 1 fully saturated rings. The van der Waals surface area contributed by atoms with Gasteiger partial charge in [-0.05, 0) is 32.0 Å². The number of hydrogen-bond donors (Lipinski definition) is 2. The summed E-state index contributed by atoms with van der Waals surface area (Å²) in [7, 11) is 0.